The molecule has 8 heteroatoms. The summed E-state index contributed by atoms with van der Waals surface area (Å²) < 4.78 is 42.3. The smallest absolute Gasteiger partial charge is 0.478 e. The van der Waals surface area contributed by atoms with Gasteiger partial charge in [0.2, 0.25) is 0 Å². The summed E-state index contributed by atoms with van der Waals surface area (Å²) in [5.41, 5.74) is 2.54. The number of carbonyl (C=O) groups is 1. The number of ether oxygens (including phenoxy) is 1. The number of fused-ring (bicyclic) bond motifs is 1. The van der Waals surface area contributed by atoms with Gasteiger partial charge in [0.1, 0.15) is 11.6 Å². The number of hydrogen-bond acceptors (Lipinski definition) is 3. The summed E-state index contributed by atoms with van der Waals surface area (Å²) >= 11 is 0. The molecule has 130 valence electrons. The second-order valence-corrected chi connectivity index (χ2v) is 5.48. The van der Waals surface area contributed by atoms with Gasteiger partial charge < -0.3 is 14.4 Å². The Morgan fingerprint density at radius 1 is 1.16 bits per heavy atom. The van der Waals surface area contributed by atoms with Crippen molar-refractivity contribution in [1.82, 2.24) is 9.55 Å². The van der Waals surface area contributed by atoms with Gasteiger partial charge in [-0.15, -0.1) is 13.2 Å². The Labute approximate surface area is 140 Å². The average molecular weight is 350 g/mol. The third-order valence-electron chi connectivity index (χ3n) is 3.88. The quantitative estimate of drug-likeness (QED) is 0.771. The zero-order valence-electron chi connectivity index (χ0n) is 13.3. The molecule has 3 rings (SSSR count). The largest absolute Gasteiger partial charge is 0.573 e. The Bertz CT molecular complexity index is 960. The van der Waals surface area contributed by atoms with E-state index in [1.165, 1.54) is 30.3 Å². The van der Waals surface area contributed by atoms with Gasteiger partial charge in [-0.2, -0.15) is 0 Å². The van der Waals surface area contributed by atoms with Gasteiger partial charge in [-0.1, -0.05) is 0 Å². The number of rotatable bonds is 3. The molecule has 2 aromatic carbocycles. The molecule has 5 nitrogen and oxygen atoms in total. The van der Waals surface area contributed by atoms with E-state index in [0.717, 1.165) is 5.52 Å². The van der Waals surface area contributed by atoms with Crippen molar-refractivity contribution in [1.29, 1.82) is 0 Å². The average Bonchev–Trinajstić information content (AvgIpc) is 2.85. The Morgan fingerprint density at radius 2 is 1.80 bits per heavy atom. The summed E-state index contributed by atoms with van der Waals surface area (Å²) in [6.07, 6.45) is -4.75. The molecule has 1 heterocycles. The van der Waals surface area contributed by atoms with Crippen LogP contribution in [0.15, 0.2) is 36.4 Å². The predicted octanol–water partition coefficient (Wildman–Crippen LogP) is 4.15. The Hall–Kier alpha value is -3.03. The number of aromatic nitrogens is 2. The number of aryl methyl sites for hydroxylation is 2. The molecular weight excluding hydrogens is 337 g/mol. The van der Waals surface area contributed by atoms with E-state index >= 15 is 0 Å². The SMILES string of the molecule is Cc1c(C(=O)O)ccc2c1nc(-c1ccc(OC(F)(F)F)cc1)n2C. The highest BCUT2D eigenvalue weighted by Crippen LogP contribution is 2.29. The van der Waals surface area contributed by atoms with Crippen LogP contribution in [0.5, 0.6) is 5.75 Å². The number of carboxylic acids is 1. The van der Waals surface area contributed by atoms with Crippen LogP contribution in [-0.4, -0.2) is 27.0 Å². The lowest BCUT2D eigenvalue weighted by Crippen LogP contribution is -2.16. The fraction of sp³-hybridized carbons (Fsp3) is 0.176. The van der Waals surface area contributed by atoms with Gasteiger partial charge in [0.05, 0.1) is 16.6 Å². The lowest BCUT2D eigenvalue weighted by Gasteiger charge is -2.09. The number of imidazole rings is 1. The van der Waals surface area contributed by atoms with Gasteiger partial charge in [-0.25, -0.2) is 9.78 Å². The summed E-state index contributed by atoms with van der Waals surface area (Å²) in [5.74, 6) is -0.848. The molecule has 0 atom stereocenters. The van der Waals surface area contributed by atoms with Crippen LogP contribution in [0.25, 0.3) is 22.4 Å². The predicted molar refractivity (Wildman–Crippen MR) is 84.5 cm³/mol. The summed E-state index contributed by atoms with van der Waals surface area (Å²) in [4.78, 5) is 15.7. The Kier molecular flexibility index (Phi) is 3.90. The lowest BCUT2D eigenvalue weighted by molar-refractivity contribution is -0.274. The monoisotopic (exact) mass is 350 g/mol. The van der Waals surface area contributed by atoms with Gasteiger partial charge in [0, 0.05) is 12.6 Å². The minimum atomic E-state index is -4.75. The molecule has 0 fully saturated rings. The lowest BCUT2D eigenvalue weighted by atomic mass is 10.1. The van der Waals surface area contributed by atoms with E-state index < -0.39 is 12.3 Å². The van der Waals surface area contributed by atoms with Crippen molar-refractivity contribution >= 4 is 17.0 Å². The molecule has 0 spiro atoms. The standard InChI is InChI=1S/C17H13F3N2O3/c1-9-12(16(23)24)7-8-13-14(9)21-15(22(13)2)10-3-5-11(6-4-10)25-17(18,19)20/h3-8H,1-2H3,(H,23,24). The number of carboxylic acid groups (broad SMARTS) is 1. The topological polar surface area (TPSA) is 64.3 Å². The molecule has 0 bridgehead atoms. The van der Waals surface area contributed by atoms with E-state index in [4.69, 9.17) is 0 Å². The van der Waals surface area contributed by atoms with Crippen molar-refractivity contribution in [2.45, 2.75) is 13.3 Å². The van der Waals surface area contributed by atoms with E-state index in [-0.39, 0.29) is 11.3 Å². The van der Waals surface area contributed by atoms with Crippen LogP contribution < -0.4 is 4.74 Å². The first-order valence-corrected chi connectivity index (χ1v) is 7.23. The fourth-order valence-electron chi connectivity index (χ4n) is 2.69. The van der Waals surface area contributed by atoms with Gasteiger partial charge in [0.15, 0.2) is 0 Å². The number of hydrogen-bond donors (Lipinski definition) is 1. The van der Waals surface area contributed by atoms with Crippen LogP contribution in [0.1, 0.15) is 15.9 Å². The molecule has 0 amide bonds. The first kappa shape index (κ1) is 16.8. The molecule has 25 heavy (non-hydrogen) atoms. The summed E-state index contributed by atoms with van der Waals surface area (Å²) in [5, 5.41) is 9.20. The van der Waals surface area contributed by atoms with Gasteiger partial charge in [-0.05, 0) is 48.9 Å². The minimum Gasteiger partial charge on any atom is -0.478 e. The zero-order valence-corrected chi connectivity index (χ0v) is 13.3. The van der Waals surface area contributed by atoms with Crippen molar-refractivity contribution in [2.75, 3.05) is 0 Å². The first-order chi connectivity index (χ1) is 11.7. The van der Waals surface area contributed by atoms with E-state index in [1.807, 2.05) is 0 Å². The summed E-state index contributed by atoms with van der Waals surface area (Å²) in [6, 6.07) is 8.51. The van der Waals surface area contributed by atoms with Crippen molar-refractivity contribution in [3.05, 3.63) is 47.5 Å². The molecule has 0 aliphatic heterocycles. The van der Waals surface area contributed by atoms with Crippen LogP contribution in [0, 0.1) is 6.92 Å². The zero-order chi connectivity index (χ0) is 18.4. The minimum absolute atomic E-state index is 0.158. The van der Waals surface area contributed by atoms with E-state index in [2.05, 4.69) is 9.72 Å². The number of aromatic carboxylic acids is 1. The van der Waals surface area contributed by atoms with Crippen LogP contribution in [0.3, 0.4) is 0 Å². The number of nitrogens with zero attached hydrogens (tertiary/aromatic N) is 2. The van der Waals surface area contributed by atoms with Crippen LogP contribution in [-0.2, 0) is 7.05 Å². The fourth-order valence-corrected chi connectivity index (χ4v) is 2.69. The normalized spacial score (nSPS) is 11.7. The van der Waals surface area contributed by atoms with Gasteiger partial charge >= 0.3 is 12.3 Å². The second kappa shape index (κ2) is 5.80. The molecule has 1 N–H and O–H groups in total. The highest BCUT2D eigenvalue weighted by atomic mass is 19.4. The molecule has 0 aliphatic carbocycles. The maximum absolute atomic E-state index is 12.2. The van der Waals surface area contributed by atoms with Crippen molar-refractivity contribution < 1.29 is 27.8 Å². The molecule has 3 aromatic rings. The van der Waals surface area contributed by atoms with Crippen LogP contribution >= 0.6 is 0 Å². The van der Waals surface area contributed by atoms with Crippen molar-refractivity contribution in [3.8, 4) is 17.1 Å². The van der Waals surface area contributed by atoms with E-state index in [9.17, 15) is 23.1 Å². The molecule has 1 aromatic heterocycles. The van der Waals surface area contributed by atoms with Crippen LogP contribution in [0.4, 0.5) is 13.2 Å². The van der Waals surface area contributed by atoms with E-state index in [0.29, 0.717) is 22.5 Å². The highest BCUT2D eigenvalue weighted by Gasteiger charge is 2.31. The summed E-state index contributed by atoms with van der Waals surface area (Å²) in [7, 11) is 1.75. The van der Waals surface area contributed by atoms with Gasteiger partial charge in [0.25, 0.3) is 0 Å². The molecule has 0 unspecified atom stereocenters. The van der Waals surface area contributed by atoms with Crippen LogP contribution in [0.2, 0.25) is 0 Å². The number of alkyl halides is 3. The first-order valence-electron chi connectivity index (χ1n) is 7.23. The highest BCUT2D eigenvalue weighted by molar-refractivity contribution is 5.96. The van der Waals surface area contributed by atoms with Crippen molar-refractivity contribution in [3.63, 3.8) is 0 Å². The maximum atomic E-state index is 12.2. The second-order valence-electron chi connectivity index (χ2n) is 5.48. The molecule has 0 saturated carbocycles. The Balaban J connectivity index is 2.06. The number of benzene rings is 2. The third-order valence-corrected chi connectivity index (χ3v) is 3.88. The number of halogens is 3. The molecule has 0 radical (unpaired) electrons. The Morgan fingerprint density at radius 3 is 2.36 bits per heavy atom. The molecule has 0 aliphatic rings. The maximum Gasteiger partial charge on any atom is 0.573 e. The summed E-state index contributed by atoms with van der Waals surface area (Å²) in [6.45, 7) is 1.67. The molecular formula is C17H13F3N2O3. The van der Waals surface area contributed by atoms with E-state index in [1.54, 1.807) is 24.6 Å². The van der Waals surface area contributed by atoms with Gasteiger partial charge in [-0.3, -0.25) is 0 Å². The molecule has 0 saturated heterocycles. The van der Waals surface area contributed by atoms with Crippen molar-refractivity contribution in [2.24, 2.45) is 7.05 Å². The third kappa shape index (κ3) is 3.15.